The van der Waals surface area contributed by atoms with E-state index in [1.807, 2.05) is 6.21 Å². The van der Waals surface area contributed by atoms with Gasteiger partial charge in [0.2, 0.25) is 15.9 Å². The Bertz CT molecular complexity index is 923. The number of nitrogens with zero attached hydrogens (tertiary/aromatic N) is 2. The summed E-state index contributed by atoms with van der Waals surface area (Å²) in [5, 5.41) is 6.65. The van der Waals surface area contributed by atoms with Crippen molar-refractivity contribution in [2.75, 3.05) is 25.9 Å². The lowest BCUT2D eigenvalue weighted by Crippen LogP contribution is -2.51. The third-order valence-electron chi connectivity index (χ3n) is 7.42. The molecule has 0 aromatic heterocycles. The van der Waals surface area contributed by atoms with Crippen LogP contribution in [0.1, 0.15) is 56.1 Å². The maximum absolute atomic E-state index is 12.8. The fraction of sp³-hybridized carbons (Fsp3) is 0.667. The van der Waals surface area contributed by atoms with Crippen LogP contribution in [-0.4, -0.2) is 68.9 Å². The van der Waals surface area contributed by atoms with Crippen molar-refractivity contribution in [3.8, 4) is 0 Å². The second-order valence-corrected chi connectivity index (χ2v) is 11.7. The van der Waals surface area contributed by atoms with Gasteiger partial charge >= 0.3 is 0 Å². The van der Waals surface area contributed by atoms with Crippen molar-refractivity contribution in [1.82, 2.24) is 14.9 Å². The quantitative estimate of drug-likeness (QED) is 0.581. The van der Waals surface area contributed by atoms with E-state index < -0.39 is 10.0 Å². The zero-order chi connectivity index (χ0) is 22.7. The Kier molecular flexibility index (Phi) is 7.32. The summed E-state index contributed by atoms with van der Waals surface area (Å²) in [5.74, 6) is 1.12. The van der Waals surface area contributed by atoms with Gasteiger partial charge in [0, 0.05) is 32.4 Å². The minimum atomic E-state index is -3.09. The maximum atomic E-state index is 12.8. The Labute approximate surface area is 192 Å². The lowest BCUT2D eigenvalue weighted by Gasteiger charge is -2.31. The summed E-state index contributed by atoms with van der Waals surface area (Å²) >= 11 is 0. The average Bonchev–Trinajstić information content (AvgIpc) is 3.44. The lowest BCUT2D eigenvalue weighted by molar-refractivity contribution is -0.124. The molecule has 2 aliphatic heterocycles. The fourth-order valence-electron chi connectivity index (χ4n) is 5.57. The predicted octanol–water partition coefficient (Wildman–Crippen LogP) is 2.08. The molecule has 2 N–H and O–H groups in total. The molecule has 32 heavy (non-hydrogen) atoms. The molecule has 0 spiro atoms. The number of aliphatic imine (C=N–C) groups is 1. The summed E-state index contributed by atoms with van der Waals surface area (Å²) in [5.41, 5.74) is 2.42. The van der Waals surface area contributed by atoms with Gasteiger partial charge in [0.1, 0.15) is 0 Å². The van der Waals surface area contributed by atoms with Gasteiger partial charge < -0.3 is 10.6 Å². The van der Waals surface area contributed by atoms with Gasteiger partial charge in [0.25, 0.3) is 0 Å². The Balaban J connectivity index is 1.32. The van der Waals surface area contributed by atoms with Gasteiger partial charge in [-0.15, -0.1) is 0 Å². The van der Waals surface area contributed by atoms with E-state index in [2.05, 4.69) is 39.9 Å². The Hall–Kier alpha value is -1.77. The summed E-state index contributed by atoms with van der Waals surface area (Å²) in [6.45, 7) is 2.90. The molecular formula is C24H36N4O3S. The van der Waals surface area contributed by atoms with Gasteiger partial charge in [-0.05, 0) is 68.4 Å². The van der Waals surface area contributed by atoms with Gasteiger partial charge in [-0.1, -0.05) is 24.3 Å². The SMILES string of the molecule is CCS(=O)(=O)N1CCC(c2ccc(CC(C=NC)NC(=O)C3NC4CCC3C4)cc2)CC1. The molecule has 1 aromatic rings. The molecule has 3 fully saturated rings. The molecule has 1 aliphatic carbocycles. The Morgan fingerprint density at radius 2 is 1.94 bits per heavy atom. The molecule has 7 nitrogen and oxygen atoms in total. The number of carbonyl (C=O) groups excluding carboxylic acids is 1. The van der Waals surface area contributed by atoms with Crippen LogP contribution in [0, 0.1) is 5.92 Å². The number of nitrogens with one attached hydrogen (secondary N) is 2. The molecule has 1 aromatic carbocycles. The minimum absolute atomic E-state index is 0.0636. The normalized spacial score (nSPS) is 27.8. The molecule has 2 bridgehead atoms. The zero-order valence-electron chi connectivity index (χ0n) is 19.2. The van der Waals surface area contributed by atoms with Gasteiger partial charge in [-0.2, -0.15) is 0 Å². The Morgan fingerprint density at radius 3 is 2.50 bits per heavy atom. The van der Waals surface area contributed by atoms with Gasteiger partial charge in [-0.3, -0.25) is 9.79 Å². The summed E-state index contributed by atoms with van der Waals surface area (Å²) in [4.78, 5) is 17.0. The van der Waals surface area contributed by atoms with E-state index in [1.165, 1.54) is 12.0 Å². The van der Waals surface area contributed by atoms with Crippen LogP contribution in [-0.2, 0) is 21.2 Å². The van der Waals surface area contributed by atoms with Crippen molar-refractivity contribution in [2.24, 2.45) is 10.9 Å². The number of hydrogen-bond donors (Lipinski definition) is 2. The third kappa shape index (κ3) is 5.24. The standard InChI is InChI=1S/C24H36N4O3S/c1-3-32(30,31)28-12-10-19(11-13-28)18-6-4-17(5-7-18)14-22(16-25-2)27-24(29)23-20-8-9-21(15-20)26-23/h4-7,16,19-23,26H,3,8-15H2,1-2H3,(H,27,29). The molecule has 8 heteroatoms. The van der Waals surface area contributed by atoms with Crippen molar-refractivity contribution in [3.63, 3.8) is 0 Å². The molecule has 4 atom stereocenters. The summed E-state index contributed by atoms with van der Waals surface area (Å²) in [6.07, 6.45) is 7.70. The van der Waals surface area contributed by atoms with Crippen molar-refractivity contribution < 1.29 is 13.2 Å². The van der Waals surface area contributed by atoms with Crippen LogP contribution >= 0.6 is 0 Å². The molecule has 4 unspecified atom stereocenters. The third-order valence-corrected chi connectivity index (χ3v) is 9.30. The van der Waals surface area contributed by atoms with Gasteiger partial charge in [-0.25, -0.2) is 12.7 Å². The molecule has 3 aliphatic rings. The minimum Gasteiger partial charge on any atom is -0.347 e. The van der Waals surface area contributed by atoms with Crippen LogP contribution in [0.25, 0.3) is 0 Å². The van der Waals surface area contributed by atoms with Crippen LogP contribution in [0.5, 0.6) is 0 Å². The first-order chi connectivity index (χ1) is 15.4. The average molecular weight is 461 g/mol. The molecule has 4 rings (SSSR count). The first-order valence-electron chi connectivity index (χ1n) is 11.9. The van der Waals surface area contributed by atoms with Crippen molar-refractivity contribution in [3.05, 3.63) is 35.4 Å². The number of carbonyl (C=O) groups is 1. The number of fused-ring (bicyclic) bond motifs is 2. The first kappa shape index (κ1) is 23.4. The van der Waals surface area contributed by atoms with E-state index in [0.29, 0.717) is 37.4 Å². The van der Waals surface area contributed by atoms with E-state index in [4.69, 9.17) is 0 Å². The highest BCUT2D eigenvalue weighted by Crippen LogP contribution is 2.35. The highest BCUT2D eigenvalue weighted by atomic mass is 32.2. The molecule has 1 amide bonds. The molecule has 0 radical (unpaired) electrons. The Morgan fingerprint density at radius 1 is 1.22 bits per heavy atom. The number of sulfonamides is 1. The monoisotopic (exact) mass is 460 g/mol. The molecule has 2 saturated heterocycles. The highest BCUT2D eigenvalue weighted by Gasteiger charge is 2.42. The largest absolute Gasteiger partial charge is 0.347 e. The van der Waals surface area contributed by atoms with Crippen LogP contribution in [0.4, 0.5) is 0 Å². The molecular weight excluding hydrogens is 424 g/mol. The van der Waals surface area contributed by atoms with Crippen molar-refractivity contribution in [2.45, 2.75) is 69.5 Å². The van der Waals surface area contributed by atoms with E-state index in [9.17, 15) is 13.2 Å². The fourth-order valence-corrected chi connectivity index (χ4v) is 6.71. The smallest absolute Gasteiger partial charge is 0.237 e. The summed E-state index contributed by atoms with van der Waals surface area (Å²) in [7, 11) is -1.35. The van der Waals surface area contributed by atoms with Crippen LogP contribution in [0.3, 0.4) is 0 Å². The van der Waals surface area contributed by atoms with Crippen LogP contribution in [0.15, 0.2) is 29.3 Å². The molecule has 2 heterocycles. The highest BCUT2D eigenvalue weighted by molar-refractivity contribution is 7.89. The number of amides is 1. The topological polar surface area (TPSA) is 90.9 Å². The van der Waals surface area contributed by atoms with E-state index in [0.717, 1.165) is 31.2 Å². The predicted molar refractivity (Wildman–Crippen MR) is 128 cm³/mol. The van der Waals surface area contributed by atoms with Gasteiger partial charge in [0.15, 0.2) is 0 Å². The van der Waals surface area contributed by atoms with E-state index in [-0.39, 0.29) is 23.7 Å². The van der Waals surface area contributed by atoms with Crippen LogP contribution in [0.2, 0.25) is 0 Å². The van der Waals surface area contributed by atoms with Crippen molar-refractivity contribution in [1.29, 1.82) is 0 Å². The molecule has 1 saturated carbocycles. The summed E-state index contributed by atoms with van der Waals surface area (Å²) < 4.78 is 25.8. The van der Waals surface area contributed by atoms with Gasteiger partial charge in [0.05, 0.1) is 17.8 Å². The second-order valence-electron chi connectivity index (χ2n) is 9.46. The van der Waals surface area contributed by atoms with E-state index >= 15 is 0 Å². The number of rotatable bonds is 8. The maximum Gasteiger partial charge on any atom is 0.237 e. The summed E-state index contributed by atoms with van der Waals surface area (Å²) in [6, 6.07) is 8.89. The first-order valence-corrected chi connectivity index (χ1v) is 13.6. The van der Waals surface area contributed by atoms with E-state index in [1.54, 1.807) is 18.3 Å². The lowest BCUT2D eigenvalue weighted by atomic mass is 9.89. The van der Waals surface area contributed by atoms with Crippen molar-refractivity contribution >= 4 is 22.1 Å². The number of benzene rings is 1. The zero-order valence-corrected chi connectivity index (χ0v) is 20.0. The number of piperidine rings is 2. The molecule has 176 valence electrons. The second kappa shape index (κ2) is 10.0. The number of hydrogen-bond acceptors (Lipinski definition) is 5. The van der Waals surface area contributed by atoms with Crippen LogP contribution < -0.4 is 10.6 Å².